The Labute approximate surface area is 148 Å². The van der Waals surface area contributed by atoms with Crippen molar-refractivity contribution in [1.82, 2.24) is 4.90 Å². The molecule has 0 aromatic heterocycles. The highest BCUT2D eigenvalue weighted by molar-refractivity contribution is 5.89. The summed E-state index contributed by atoms with van der Waals surface area (Å²) in [5.74, 6) is -0.0810. The lowest BCUT2D eigenvalue weighted by molar-refractivity contribution is -0.141. The van der Waals surface area contributed by atoms with Crippen LogP contribution in [-0.2, 0) is 10.2 Å². The standard InChI is InChI=1S/C21H23FN2O/c22-18-7-4-6-17(16-18)21(10-5-11-21)20(25)24-14-12-23(13-15-24)19-8-2-1-3-9-19/h1-4,6-9,16H,5,10-15H2. The number of carbonyl (C=O) groups is 1. The maximum atomic E-state index is 13.7. The monoisotopic (exact) mass is 338 g/mol. The van der Waals surface area contributed by atoms with Crippen LogP contribution in [0.4, 0.5) is 10.1 Å². The minimum Gasteiger partial charge on any atom is -0.368 e. The molecule has 2 aliphatic rings. The quantitative estimate of drug-likeness (QED) is 0.854. The molecule has 0 bridgehead atoms. The molecular formula is C21H23FN2O. The zero-order valence-corrected chi connectivity index (χ0v) is 14.3. The number of anilines is 1. The maximum absolute atomic E-state index is 13.7. The molecule has 0 N–H and O–H groups in total. The summed E-state index contributed by atoms with van der Waals surface area (Å²) in [5, 5.41) is 0. The lowest BCUT2D eigenvalue weighted by Crippen LogP contribution is -2.56. The van der Waals surface area contributed by atoms with Gasteiger partial charge in [-0.25, -0.2) is 4.39 Å². The first-order chi connectivity index (χ1) is 12.2. The van der Waals surface area contributed by atoms with E-state index in [1.54, 1.807) is 6.07 Å². The summed E-state index contributed by atoms with van der Waals surface area (Å²) < 4.78 is 13.7. The second-order valence-electron chi connectivity index (χ2n) is 7.06. The molecule has 0 radical (unpaired) electrons. The Kier molecular flexibility index (Phi) is 4.20. The molecule has 1 heterocycles. The van der Waals surface area contributed by atoms with E-state index in [4.69, 9.17) is 0 Å². The Morgan fingerprint density at radius 1 is 0.920 bits per heavy atom. The zero-order valence-electron chi connectivity index (χ0n) is 14.3. The van der Waals surface area contributed by atoms with Crippen molar-refractivity contribution < 1.29 is 9.18 Å². The van der Waals surface area contributed by atoms with Gasteiger partial charge in [0.15, 0.2) is 0 Å². The molecule has 0 atom stereocenters. The van der Waals surface area contributed by atoms with Gasteiger partial charge in [0.05, 0.1) is 5.41 Å². The lowest BCUT2D eigenvalue weighted by atomic mass is 9.63. The predicted molar refractivity (Wildman–Crippen MR) is 97.2 cm³/mol. The van der Waals surface area contributed by atoms with Crippen LogP contribution < -0.4 is 4.90 Å². The fourth-order valence-electron chi connectivity index (χ4n) is 4.05. The molecule has 1 amide bonds. The Bertz CT molecular complexity index is 750. The van der Waals surface area contributed by atoms with Crippen molar-refractivity contribution in [2.45, 2.75) is 24.7 Å². The second kappa shape index (κ2) is 6.51. The Morgan fingerprint density at radius 2 is 1.64 bits per heavy atom. The lowest BCUT2D eigenvalue weighted by Gasteiger charge is -2.46. The molecule has 1 aliphatic carbocycles. The Hall–Kier alpha value is -2.36. The minimum absolute atomic E-state index is 0.178. The van der Waals surface area contributed by atoms with Crippen molar-refractivity contribution in [2.75, 3.05) is 31.1 Å². The van der Waals surface area contributed by atoms with Crippen molar-refractivity contribution in [1.29, 1.82) is 0 Å². The van der Waals surface area contributed by atoms with Crippen LogP contribution in [0.5, 0.6) is 0 Å². The average Bonchev–Trinajstić information content (AvgIpc) is 2.62. The first-order valence-corrected chi connectivity index (χ1v) is 9.04. The Balaban J connectivity index is 1.48. The van der Waals surface area contributed by atoms with E-state index in [-0.39, 0.29) is 11.7 Å². The number of hydrogen-bond donors (Lipinski definition) is 0. The summed E-state index contributed by atoms with van der Waals surface area (Å²) in [6.07, 6.45) is 2.69. The van der Waals surface area contributed by atoms with Crippen LogP contribution in [0, 0.1) is 5.82 Å². The molecule has 2 aromatic carbocycles. The van der Waals surface area contributed by atoms with Crippen molar-refractivity contribution >= 4 is 11.6 Å². The predicted octanol–water partition coefficient (Wildman–Crippen LogP) is 3.60. The molecule has 4 heteroatoms. The van der Waals surface area contributed by atoms with Gasteiger partial charge >= 0.3 is 0 Å². The van der Waals surface area contributed by atoms with E-state index in [1.165, 1.54) is 17.8 Å². The van der Waals surface area contributed by atoms with Crippen LogP contribution in [0.15, 0.2) is 54.6 Å². The highest BCUT2D eigenvalue weighted by atomic mass is 19.1. The van der Waals surface area contributed by atoms with Gasteiger partial charge in [-0.2, -0.15) is 0 Å². The second-order valence-corrected chi connectivity index (χ2v) is 7.06. The van der Waals surface area contributed by atoms with E-state index in [2.05, 4.69) is 17.0 Å². The van der Waals surface area contributed by atoms with E-state index in [0.29, 0.717) is 0 Å². The summed E-state index contributed by atoms with van der Waals surface area (Å²) in [6.45, 7) is 3.14. The normalized spacial score (nSPS) is 19.4. The third kappa shape index (κ3) is 2.90. The molecule has 2 aromatic rings. The van der Waals surface area contributed by atoms with Gasteiger partial charge in [-0.05, 0) is 42.7 Å². The number of amides is 1. The minimum atomic E-state index is -0.503. The fourth-order valence-corrected chi connectivity index (χ4v) is 4.05. The van der Waals surface area contributed by atoms with Crippen molar-refractivity contribution in [3.63, 3.8) is 0 Å². The van der Waals surface area contributed by atoms with Gasteiger partial charge in [0.1, 0.15) is 5.82 Å². The number of carbonyl (C=O) groups excluding carboxylic acids is 1. The van der Waals surface area contributed by atoms with Crippen LogP contribution in [0.25, 0.3) is 0 Å². The molecule has 1 saturated heterocycles. The van der Waals surface area contributed by atoms with Crippen molar-refractivity contribution in [3.05, 3.63) is 66.0 Å². The molecule has 0 spiro atoms. The smallest absolute Gasteiger partial charge is 0.233 e. The number of hydrogen-bond acceptors (Lipinski definition) is 2. The van der Waals surface area contributed by atoms with Gasteiger partial charge in [0.2, 0.25) is 5.91 Å². The molecule has 25 heavy (non-hydrogen) atoms. The number of piperazine rings is 1. The van der Waals surface area contributed by atoms with Crippen molar-refractivity contribution in [2.24, 2.45) is 0 Å². The molecule has 1 saturated carbocycles. The topological polar surface area (TPSA) is 23.6 Å². The summed E-state index contributed by atoms with van der Waals surface area (Å²) in [5.41, 5.74) is 1.55. The van der Waals surface area contributed by atoms with E-state index < -0.39 is 5.41 Å². The third-order valence-electron chi connectivity index (χ3n) is 5.68. The van der Waals surface area contributed by atoms with Gasteiger partial charge < -0.3 is 9.80 Å². The fraction of sp³-hybridized carbons (Fsp3) is 0.381. The highest BCUT2D eigenvalue weighted by Crippen LogP contribution is 2.45. The number of para-hydroxylation sites is 1. The van der Waals surface area contributed by atoms with Crippen LogP contribution in [0.1, 0.15) is 24.8 Å². The van der Waals surface area contributed by atoms with Crippen LogP contribution in [-0.4, -0.2) is 37.0 Å². The number of nitrogens with zero attached hydrogens (tertiary/aromatic N) is 2. The van der Waals surface area contributed by atoms with Crippen LogP contribution in [0.2, 0.25) is 0 Å². The zero-order chi connectivity index (χ0) is 17.3. The van der Waals surface area contributed by atoms with Crippen molar-refractivity contribution in [3.8, 4) is 0 Å². The van der Waals surface area contributed by atoms with Gasteiger partial charge in [-0.3, -0.25) is 4.79 Å². The van der Waals surface area contributed by atoms with Crippen LogP contribution in [0.3, 0.4) is 0 Å². The molecule has 0 unspecified atom stereocenters. The van der Waals surface area contributed by atoms with E-state index in [0.717, 1.165) is 51.0 Å². The van der Waals surface area contributed by atoms with Gasteiger partial charge in [-0.15, -0.1) is 0 Å². The summed E-state index contributed by atoms with van der Waals surface area (Å²) in [4.78, 5) is 17.5. The molecule has 1 aliphatic heterocycles. The largest absolute Gasteiger partial charge is 0.368 e. The SMILES string of the molecule is O=C(N1CCN(c2ccccc2)CC1)C1(c2cccc(F)c2)CCC1. The van der Waals surface area contributed by atoms with Gasteiger partial charge in [-0.1, -0.05) is 36.8 Å². The average molecular weight is 338 g/mol. The van der Waals surface area contributed by atoms with E-state index in [9.17, 15) is 9.18 Å². The Morgan fingerprint density at radius 3 is 2.24 bits per heavy atom. The molecule has 130 valence electrons. The van der Waals surface area contributed by atoms with E-state index >= 15 is 0 Å². The van der Waals surface area contributed by atoms with Crippen LogP contribution >= 0.6 is 0 Å². The van der Waals surface area contributed by atoms with Gasteiger partial charge in [0.25, 0.3) is 0 Å². The highest BCUT2D eigenvalue weighted by Gasteiger charge is 2.48. The summed E-state index contributed by atoms with van der Waals surface area (Å²) in [6, 6.07) is 16.9. The van der Waals surface area contributed by atoms with E-state index in [1.807, 2.05) is 29.2 Å². The number of halogens is 1. The summed E-state index contributed by atoms with van der Waals surface area (Å²) in [7, 11) is 0. The molecule has 2 fully saturated rings. The first kappa shape index (κ1) is 16.1. The number of benzene rings is 2. The molecule has 3 nitrogen and oxygen atoms in total. The molecular weight excluding hydrogens is 315 g/mol. The van der Waals surface area contributed by atoms with Gasteiger partial charge in [0, 0.05) is 31.9 Å². The number of rotatable bonds is 3. The molecule has 4 rings (SSSR count). The first-order valence-electron chi connectivity index (χ1n) is 9.04. The third-order valence-corrected chi connectivity index (χ3v) is 5.68. The maximum Gasteiger partial charge on any atom is 0.233 e. The summed E-state index contributed by atoms with van der Waals surface area (Å²) >= 11 is 0.